The Morgan fingerprint density at radius 2 is 1.79 bits per heavy atom. The molecule has 0 saturated carbocycles. The number of piperidine rings is 1. The van der Waals surface area contributed by atoms with E-state index in [1.165, 1.54) is 78.8 Å². The standard InChI is InChI=1S/C18H19ClN4S/c19-16-15-14(20-10-21-16)13-11-6-2-3-7-12(11)17(22-18(13)24-15)23-8-4-1-5-9-23/h10H,1-9H2/p+1. The van der Waals surface area contributed by atoms with E-state index in [9.17, 15) is 0 Å². The Kier molecular flexibility index (Phi) is 3.60. The van der Waals surface area contributed by atoms with Crippen LogP contribution in [0.1, 0.15) is 43.2 Å². The monoisotopic (exact) mass is 359 g/mol. The van der Waals surface area contributed by atoms with Crippen LogP contribution in [0.3, 0.4) is 0 Å². The van der Waals surface area contributed by atoms with Crippen molar-refractivity contribution in [2.75, 3.05) is 18.0 Å². The van der Waals surface area contributed by atoms with Crippen LogP contribution in [0.4, 0.5) is 5.82 Å². The Balaban J connectivity index is 1.82. The Hall–Kier alpha value is -1.46. The molecule has 6 heteroatoms. The third-order valence-electron chi connectivity index (χ3n) is 5.39. The topological polar surface area (TPSA) is 43.2 Å². The van der Waals surface area contributed by atoms with Crippen molar-refractivity contribution in [1.29, 1.82) is 0 Å². The van der Waals surface area contributed by atoms with Crippen LogP contribution in [0.5, 0.6) is 0 Å². The lowest BCUT2D eigenvalue weighted by molar-refractivity contribution is -0.328. The zero-order valence-electron chi connectivity index (χ0n) is 13.6. The number of hydrogen-bond donors (Lipinski definition) is 0. The number of anilines is 1. The van der Waals surface area contributed by atoms with Gasteiger partial charge in [-0.25, -0.2) is 15.0 Å². The van der Waals surface area contributed by atoms with Crippen molar-refractivity contribution < 1.29 is 4.98 Å². The van der Waals surface area contributed by atoms with Gasteiger partial charge in [-0.1, -0.05) is 22.9 Å². The summed E-state index contributed by atoms with van der Waals surface area (Å²) in [7, 11) is 0. The van der Waals surface area contributed by atoms with Gasteiger partial charge in [0, 0.05) is 5.56 Å². The molecule has 1 fully saturated rings. The summed E-state index contributed by atoms with van der Waals surface area (Å²) < 4.78 is 1.01. The van der Waals surface area contributed by atoms with Gasteiger partial charge in [-0.05, 0) is 50.5 Å². The Labute approximate surface area is 149 Å². The van der Waals surface area contributed by atoms with Crippen molar-refractivity contribution in [3.63, 3.8) is 0 Å². The number of aryl methyl sites for hydroxylation is 1. The minimum absolute atomic E-state index is 0.568. The number of aromatic amines is 1. The highest BCUT2D eigenvalue weighted by molar-refractivity contribution is 7.25. The Morgan fingerprint density at radius 1 is 1.00 bits per heavy atom. The highest BCUT2D eigenvalue weighted by atomic mass is 35.5. The smallest absolute Gasteiger partial charge is 0.262 e. The first kappa shape index (κ1) is 14.8. The molecular formula is C18H20ClN4S+. The van der Waals surface area contributed by atoms with Crippen LogP contribution in [0.15, 0.2) is 6.33 Å². The van der Waals surface area contributed by atoms with Gasteiger partial charge in [0.25, 0.3) is 5.82 Å². The molecule has 1 aliphatic carbocycles. The molecule has 1 aliphatic heterocycles. The van der Waals surface area contributed by atoms with E-state index in [-0.39, 0.29) is 0 Å². The number of nitrogens with zero attached hydrogens (tertiary/aromatic N) is 3. The third kappa shape index (κ3) is 2.21. The zero-order chi connectivity index (χ0) is 16.1. The molecule has 4 heterocycles. The summed E-state index contributed by atoms with van der Waals surface area (Å²) in [5.74, 6) is 1.35. The average Bonchev–Trinajstić information content (AvgIpc) is 3.02. The molecule has 0 spiro atoms. The summed E-state index contributed by atoms with van der Waals surface area (Å²) in [6.45, 7) is 2.33. The van der Waals surface area contributed by atoms with E-state index in [0.717, 1.165) is 16.6 Å². The molecule has 1 N–H and O–H groups in total. The molecule has 4 nitrogen and oxygen atoms in total. The molecule has 0 aromatic carbocycles. The molecule has 24 heavy (non-hydrogen) atoms. The number of halogens is 1. The summed E-state index contributed by atoms with van der Waals surface area (Å²) in [6.07, 6.45) is 10.4. The summed E-state index contributed by atoms with van der Waals surface area (Å²) in [5, 5.41) is 1.86. The molecular weight excluding hydrogens is 340 g/mol. The summed E-state index contributed by atoms with van der Waals surface area (Å²) in [6, 6.07) is 0. The molecule has 0 radical (unpaired) electrons. The summed E-state index contributed by atoms with van der Waals surface area (Å²) in [5.41, 5.74) is 4.04. The number of fused-ring (bicyclic) bond motifs is 5. The van der Waals surface area contributed by atoms with Gasteiger partial charge in [-0.3, -0.25) is 4.90 Å². The molecule has 0 atom stereocenters. The van der Waals surface area contributed by atoms with Crippen molar-refractivity contribution in [3.8, 4) is 0 Å². The number of hydrogen-bond acceptors (Lipinski definition) is 4. The van der Waals surface area contributed by atoms with E-state index in [0.29, 0.717) is 5.15 Å². The van der Waals surface area contributed by atoms with Gasteiger partial charge < -0.3 is 0 Å². The van der Waals surface area contributed by atoms with Crippen molar-refractivity contribution in [1.82, 2.24) is 9.97 Å². The van der Waals surface area contributed by atoms with Gasteiger partial charge in [0.1, 0.15) is 11.5 Å². The van der Waals surface area contributed by atoms with Gasteiger partial charge in [-0.2, -0.15) is 0 Å². The number of H-pyrrole nitrogens is 1. The largest absolute Gasteiger partial charge is 0.278 e. The average molecular weight is 360 g/mol. The fraction of sp³-hybridized carbons (Fsp3) is 0.500. The number of pyridine rings is 1. The number of thiophene rings is 1. The highest BCUT2D eigenvalue weighted by Crippen LogP contribution is 2.40. The fourth-order valence-corrected chi connectivity index (χ4v) is 5.57. The molecule has 0 unspecified atom stereocenters. The van der Waals surface area contributed by atoms with Crippen LogP contribution in [-0.2, 0) is 12.8 Å². The first-order valence-electron chi connectivity index (χ1n) is 8.87. The van der Waals surface area contributed by atoms with Crippen molar-refractivity contribution in [3.05, 3.63) is 22.6 Å². The molecule has 0 bridgehead atoms. The van der Waals surface area contributed by atoms with Crippen LogP contribution in [0.2, 0.25) is 5.15 Å². The minimum atomic E-state index is 0.568. The van der Waals surface area contributed by atoms with Crippen LogP contribution in [-0.4, -0.2) is 23.1 Å². The van der Waals surface area contributed by atoms with Crippen molar-refractivity contribution in [2.45, 2.75) is 44.9 Å². The molecule has 1 saturated heterocycles. The number of rotatable bonds is 1. The quantitative estimate of drug-likeness (QED) is 0.612. The van der Waals surface area contributed by atoms with Crippen molar-refractivity contribution >= 4 is 49.2 Å². The first-order valence-corrected chi connectivity index (χ1v) is 10.1. The van der Waals surface area contributed by atoms with Gasteiger partial charge in [0.05, 0.1) is 28.7 Å². The van der Waals surface area contributed by atoms with Crippen LogP contribution < -0.4 is 9.88 Å². The Morgan fingerprint density at radius 3 is 2.62 bits per heavy atom. The van der Waals surface area contributed by atoms with E-state index >= 15 is 0 Å². The van der Waals surface area contributed by atoms with E-state index in [1.807, 2.05) is 0 Å². The molecule has 2 aliphatic rings. The zero-order valence-corrected chi connectivity index (χ0v) is 15.1. The predicted octanol–water partition coefficient (Wildman–Crippen LogP) is 4.18. The molecule has 0 amide bonds. The SMILES string of the molecule is Clc1ncnc2c1sc1[nH+]c(N3CCCCC3)c3c(c12)CCCC3. The second-order valence-electron chi connectivity index (χ2n) is 6.83. The maximum atomic E-state index is 6.34. The second kappa shape index (κ2) is 5.81. The Bertz CT molecular complexity index is 930. The lowest BCUT2D eigenvalue weighted by Gasteiger charge is -2.25. The number of aromatic nitrogens is 3. The molecule has 124 valence electrons. The predicted molar refractivity (Wildman–Crippen MR) is 99.2 cm³/mol. The van der Waals surface area contributed by atoms with Gasteiger partial charge in [0.2, 0.25) is 0 Å². The lowest BCUT2D eigenvalue weighted by Crippen LogP contribution is -2.36. The maximum absolute atomic E-state index is 6.34. The van der Waals surface area contributed by atoms with E-state index in [2.05, 4.69) is 19.9 Å². The lowest BCUT2D eigenvalue weighted by atomic mass is 9.89. The van der Waals surface area contributed by atoms with E-state index < -0.39 is 0 Å². The fourth-order valence-electron chi connectivity index (χ4n) is 4.26. The molecule has 3 aromatic rings. The van der Waals surface area contributed by atoms with E-state index in [1.54, 1.807) is 17.7 Å². The van der Waals surface area contributed by atoms with Gasteiger partial charge in [-0.15, -0.1) is 0 Å². The normalized spacial score (nSPS) is 18.3. The molecule has 3 aromatic heterocycles. The third-order valence-corrected chi connectivity index (χ3v) is 6.89. The maximum Gasteiger partial charge on any atom is 0.278 e. The number of nitrogens with one attached hydrogen (secondary N) is 1. The highest BCUT2D eigenvalue weighted by Gasteiger charge is 2.30. The van der Waals surface area contributed by atoms with Gasteiger partial charge in [0.15, 0.2) is 4.83 Å². The van der Waals surface area contributed by atoms with Crippen LogP contribution in [0.25, 0.3) is 20.4 Å². The van der Waals surface area contributed by atoms with Crippen LogP contribution in [0, 0.1) is 0 Å². The van der Waals surface area contributed by atoms with E-state index in [4.69, 9.17) is 11.6 Å². The van der Waals surface area contributed by atoms with Crippen LogP contribution >= 0.6 is 22.9 Å². The summed E-state index contributed by atoms with van der Waals surface area (Å²) >= 11 is 8.04. The second-order valence-corrected chi connectivity index (χ2v) is 8.21. The van der Waals surface area contributed by atoms with Crippen molar-refractivity contribution in [2.24, 2.45) is 0 Å². The molecule has 5 rings (SSSR count). The summed E-state index contributed by atoms with van der Waals surface area (Å²) in [4.78, 5) is 16.3. The minimum Gasteiger partial charge on any atom is -0.262 e. The van der Waals surface area contributed by atoms with Gasteiger partial charge >= 0.3 is 0 Å². The first-order chi connectivity index (χ1) is 11.8.